The van der Waals surface area contributed by atoms with E-state index in [9.17, 15) is 4.79 Å². The van der Waals surface area contributed by atoms with Crippen molar-refractivity contribution in [3.63, 3.8) is 0 Å². The van der Waals surface area contributed by atoms with E-state index in [-0.39, 0.29) is 5.91 Å². The summed E-state index contributed by atoms with van der Waals surface area (Å²) in [6.07, 6.45) is 10.3. The summed E-state index contributed by atoms with van der Waals surface area (Å²) in [6, 6.07) is 3.60. The van der Waals surface area contributed by atoms with E-state index >= 15 is 0 Å². The largest absolute Gasteiger partial charge is 0.350 e. The summed E-state index contributed by atoms with van der Waals surface area (Å²) < 4.78 is 2.04. The zero-order valence-corrected chi connectivity index (χ0v) is 13.5. The zero-order chi connectivity index (χ0) is 15.4. The van der Waals surface area contributed by atoms with Gasteiger partial charge in [-0.15, -0.1) is 11.8 Å². The molecule has 1 amide bonds. The van der Waals surface area contributed by atoms with Gasteiger partial charge in [-0.2, -0.15) is 5.10 Å². The Morgan fingerprint density at radius 3 is 3.14 bits per heavy atom. The van der Waals surface area contributed by atoms with Crippen LogP contribution in [-0.4, -0.2) is 33.5 Å². The average Bonchev–Trinajstić information content (AvgIpc) is 2.98. The minimum absolute atomic E-state index is 0.0709. The van der Waals surface area contributed by atoms with Crippen LogP contribution in [0.5, 0.6) is 0 Å². The van der Waals surface area contributed by atoms with Gasteiger partial charge in [0, 0.05) is 18.4 Å². The van der Waals surface area contributed by atoms with Gasteiger partial charge in [0.15, 0.2) is 0 Å². The first-order chi connectivity index (χ1) is 10.8. The van der Waals surface area contributed by atoms with Crippen molar-refractivity contribution >= 4 is 17.7 Å². The standard InChI is InChI=1S/C16H20N4OS/c1-22-16-13(6-4-8-18-16)15(21)17-9-10-20-14-7-3-2-5-12(14)11-19-20/h4,6,8,11H,2-3,5,7,9-10H2,1H3,(H,17,21). The lowest BCUT2D eigenvalue weighted by molar-refractivity contribution is 0.0948. The third-order valence-corrected chi connectivity index (χ3v) is 4.68. The van der Waals surface area contributed by atoms with Crippen molar-refractivity contribution < 1.29 is 4.79 Å². The lowest BCUT2D eigenvalue weighted by atomic mass is 9.98. The molecular weight excluding hydrogens is 296 g/mol. The van der Waals surface area contributed by atoms with Gasteiger partial charge >= 0.3 is 0 Å². The summed E-state index contributed by atoms with van der Waals surface area (Å²) in [7, 11) is 0. The maximum Gasteiger partial charge on any atom is 0.254 e. The molecule has 0 spiro atoms. The van der Waals surface area contributed by atoms with Gasteiger partial charge < -0.3 is 5.32 Å². The molecule has 1 N–H and O–H groups in total. The van der Waals surface area contributed by atoms with Crippen LogP contribution in [0.15, 0.2) is 29.6 Å². The van der Waals surface area contributed by atoms with Gasteiger partial charge in [-0.25, -0.2) is 4.98 Å². The van der Waals surface area contributed by atoms with Crippen LogP contribution in [-0.2, 0) is 19.4 Å². The van der Waals surface area contributed by atoms with Crippen LogP contribution in [0.25, 0.3) is 0 Å². The van der Waals surface area contributed by atoms with Crippen molar-refractivity contribution in [3.05, 3.63) is 41.3 Å². The Balaban J connectivity index is 1.59. The Morgan fingerprint density at radius 2 is 2.27 bits per heavy atom. The number of pyridine rings is 1. The number of aryl methyl sites for hydroxylation is 1. The molecule has 0 saturated heterocycles. The minimum Gasteiger partial charge on any atom is -0.350 e. The van der Waals surface area contributed by atoms with Crippen LogP contribution < -0.4 is 5.32 Å². The van der Waals surface area contributed by atoms with Gasteiger partial charge in [0.25, 0.3) is 5.91 Å². The monoisotopic (exact) mass is 316 g/mol. The molecule has 1 aliphatic rings. The Labute approximate surface area is 134 Å². The number of amides is 1. The molecule has 0 saturated carbocycles. The molecule has 0 bridgehead atoms. The fourth-order valence-electron chi connectivity index (χ4n) is 2.85. The van der Waals surface area contributed by atoms with Crippen LogP contribution in [0.4, 0.5) is 0 Å². The molecular formula is C16H20N4OS. The Bertz CT molecular complexity index is 668. The quantitative estimate of drug-likeness (QED) is 0.860. The van der Waals surface area contributed by atoms with E-state index < -0.39 is 0 Å². The molecule has 1 aliphatic carbocycles. The van der Waals surface area contributed by atoms with Crippen LogP contribution in [0, 0.1) is 0 Å². The molecule has 0 radical (unpaired) electrons. The molecule has 3 rings (SSSR count). The normalized spacial score (nSPS) is 13.7. The van der Waals surface area contributed by atoms with Gasteiger partial charge in [-0.1, -0.05) is 0 Å². The SMILES string of the molecule is CSc1ncccc1C(=O)NCCn1ncc2c1CCCC2. The van der Waals surface area contributed by atoms with E-state index in [0.29, 0.717) is 12.1 Å². The Hall–Kier alpha value is -1.82. The van der Waals surface area contributed by atoms with Crippen molar-refractivity contribution in [1.29, 1.82) is 0 Å². The van der Waals surface area contributed by atoms with E-state index in [4.69, 9.17) is 0 Å². The molecule has 116 valence electrons. The highest BCUT2D eigenvalue weighted by Crippen LogP contribution is 2.20. The van der Waals surface area contributed by atoms with E-state index in [2.05, 4.69) is 15.4 Å². The number of hydrogen-bond donors (Lipinski definition) is 1. The molecule has 2 aromatic rings. The number of rotatable bonds is 5. The summed E-state index contributed by atoms with van der Waals surface area (Å²) in [4.78, 5) is 16.5. The predicted molar refractivity (Wildman–Crippen MR) is 87.2 cm³/mol. The third kappa shape index (κ3) is 3.16. The summed E-state index contributed by atoms with van der Waals surface area (Å²) in [5.41, 5.74) is 3.35. The first-order valence-electron chi connectivity index (χ1n) is 7.60. The number of thioether (sulfide) groups is 1. The second-order valence-electron chi connectivity index (χ2n) is 5.36. The number of carbonyl (C=O) groups excluding carboxylic acids is 1. The second-order valence-corrected chi connectivity index (χ2v) is 6.16. The molecule has 6 heteroatoms. The molecule has 0 fully saturated rings. The fraction of sp³-hybridized carbons (Fsp3) is 0.438. The topological polar surface area (TPSA) is 59.8 Å². The zero-order valence-electron chi connectivity index (χ0n) is 12.7. The molecule has 2 heterocycles. The number of nitrogens with one attached hydrogen (secondary N) is 1. The molecule has 0 unspecified atom stereocenters. The van der Waals surface area contributed by atoms with Crippen molar-refractivity contribution in [2.75, 3.05) is 12.8 Å². The minimum atomic E-state index is -0.0709. The lowest BCUT2D eigenvalue weighted by Crippen LogP contribution is -2.28. The maximum absolute atomic E-state index is 12.2. The number of hydrogen-bond acceptors (Lipinski definition) is 4. The predicted octanol–water partition coefficient (Wildman–Crippen LogP) is 2.31. The van der Waals surface area contributed by atoms with Crippen LogP contribution in [0.3, 0.4) is 0 Å². The maximum atomic E-state index is 12.2. The second kappa shape index (κ2) is 6.96. The van der Waals surface area contributed by atoms with Gasteiger partial charge in [0.05, 0.1) is 18.3 Å². The van der Waals surface area contributed by atoms with Gasteiger partial charge in [0.2, 0.25) is 0 Å². The van der Waals surface area contributed by atoms with Gasteiger partial charge in [-0.3, -0.25) is 9.48 Å². The number of aromatic nitrogens is 3. The highest BCUT2D eigenvalue weighted by molar-refractivity contribution is 7.98. The molecule has 5 nitrogen and oxygen atoms in total. The Morgan fingerprint density at radius 1 is 1.41 bits per heavy atom. The fourth-order valence-corrected chi connectivity index (χ4v) is 3.39. The summed E-state index contributed by atoms with van der Waals surface area (Å²) >= 11 is 1.48. The van der Waals surface area contributed by atoms with Crippen LogP contribution >= 0.6 is 11.8 Å². The summed E-state index contributed by atoms with van der Waals surface area (Å²) in [5.74, 6) is -0.0709. The van der Waals surface area contributed by atoms with Crippen LogP contribution in [0.1, 0.15) is 34.5 Å². The van der Waals surface area contributed by atoms with E-state index in [1.165, 1.54) is 35.9 Å². The van der Waals surface area contributed by atoms with Gasteiger partial charge in [0.1, 0.15) is 5.03 Å². The van der Waals surface area contributed by atoms with Crippen molar-refractivity contribution in [2.24, 2.45) is 0 Å². The highest BCUT2D eigenvalue weighted by atomic mass is 32.2. The summed E-state index contributed by atoms with van der Waals surface area (Å²) in [6.45, 7) is 1.30. The third-order valence-electron chi connectivity index (χ3n) is 3.96. The van der Waals surface area contributed by atoms with E-state index in [1.54, 1.807) is 12.3 Å². The lowest BCUT2D eigenvalue weighted by Gasteiger charge is -2.14. The van der Waals surface area contributed by atoms with Crippen molar-refractivity contribution in [2.45, 2.75) is 37.3 Å². The number of carbonyl (C=O) groups is 1. The number of nitrogens with zero attached hydrogens (tertiary/aromatic N) is 3. The molecule has 0 atom stereocenters. The Kier molecular flexibility index (Phi) is 4.77. The van der Waals surface area contributed by atoms with Crippen molar-refractivity contribution in [1.82, 2.24) is 20.1 Å². The molecule has 22 heavy (non-hydrogen) atoms. The first kappa shape index (κ1) is 15.1. The van der Waals surface area contributed by atoms with E-state index in [0.717, 1.165) is 24.4 Å². The van der Waals surface area contributed by atoms with E-state index in [1.807, 2.05) is 23.2 Å². The first-order valence-corrected chi connectivity index (χ1v) is 8.83. The molecule has 0 aliphatic heterocycles. The smallest absolute Gasteiger partial charge is 0.254 e. The highest BCUT2D eigenvalue weighted by Gasteiger charge is 2.15. The molecule has 2 aromatic heterocycles. The van der Waals surface area contributed by atoms with Crippen LogP contribution in [0.2, 0.25) is 0 Å². The molecule has 0 aromatic carbocycles. The van der Waals surface area contributed by atoms with Crippen molar-refractivity contribution in [3.8, 4) is 0 Å². The summed E-state index contributed by atoms with van der Waals surface area (Å²) in [5, 5.41) is 8.18. The van der Waals surface area contributed by atoms with Gasteiger partial charge in [-0.05, 0) is 49.6 Å². The average molecular weight is 316 g/mol. The number of fused-ring (bicyclic) bond motifs is 1.